The number of rotatable bonds is 5. The molecule has 0 saturated carbocycles. The van der Waals surface area contributed by atoms with Gasteiger partial charge in [0, 0.05) is 30.9 Å². The Morgan fingerprint density at radius 2 is 2.12 bits per heavy atom. The third-order valence-corrected chi connectivity index (χ3v) is 4.39. The van der Waals surface area contributed by atoms with Crippen molar-refractivity contribution in [2.24, 2.45) is 0 Å². The Balaban J connectivity index is 1.49. The van der Waals surface area contributed by atoms with E-state index in [1.165, 1.54) is 12.8 Å². The lowest BCUT2D eigenvalue weighted by atomic mass is 10.1. The molecule has 4 rings (SSSR count). The van der Waals surface area contributed by atoms with Gasteiger partial charge in [-0.1, -0.05) is 18.2 Å². The Hall–Kier alpha value is -3.15. The van der Waals surface area contributed by atoms with Crippen molar-refractivity contribution in [3.63, 3.8) is 0 Å². The van der Waals surface area contributed by atoms with Crippen LogP contribution in [0.4, 0.5) is 5.69 Å². The van der Waals surface area contributed by atoms with Crippen LogP contribution in [0.5, 0.6) is 5.75 Å². The number of amides is 1. The molecule has 0 unspecified atom stereocenters. The van der Waals surface area contributed by atoms with Crippen molar-refractivity contribution in [1.29, 1.82) is 0 Å². The van der Waals surface area contributed by atoms with Crippen LogP contribution in [0.2, 0.25) is 0 Å². The number of aromatic nitrogens is 3. The molecule has 132 valence electrons. The molecular formula is C20H20N4O2. The summed E-state index contributed by atoms with van der Waals surface area (Å²) < 4.78 is 7.67. The van der Waals surface area contributed by atoms with Crippen molar-refractivity contribution in [3.05, 3.63) is 60.8 Å². The quantitative estimate of drug-likeness (QED) is 0.768. The third kappa shape index (κ3) is 3.59. The highest BCUT2D eigenvalue weighted by molar-refractivity contribution is 5.95. The Morgan fingerprint density at radius 3 is 2.96 bits per heavy atom. The highest BCUT2D eigenvalue weighted by Gasteiger charge is 2.16. The summed E-state index contributed by atoms with van der Waals surface area (Å²) in [6, 6.07) is 11.3. The van der Waals surface area contributed by atoms with E-state index in [0.29, 0.717) is 5.75 Å². The summed E-state index contributed by atoms with van der Waals surface area (Å²) in [6.45, 7) is 0.940. The second-order valence-electron chi connectivity index (χ2n) is 6.26. The largest absolute Gasteiger partial charge is 0.482 e. The smallest absolute Gasteiger partial charge is 0.262 e. The number of nitrogens with zero attached hydrogens (tertiary/aromatic N) is 3. The maximum atomic E-state index is 12.3. The van der Waals surface area contributed by atoms with Gasteiger partial charge in [0.1, 0.15) is 11.6 Å². The summed E-state index contributed by atoms with van der Waals surface area (Å²) in [5.41, 5.74) is 2.55. The molecule has 0 atom stereocenters. The summed E-state index contributed by atoms with van der Waals surface area (Å²) in [5.74, 6) is 1.47. The minimum absolute atomic E-state index is 0.0697. The first kappa shape index (κ1) is 16.3. The molecule has 6 nitrogen and oxygen atoms in total. The van der Waals surface area contributed by atoms with E-state index >= 15 is 0 Å². The number of hydrogen-bond acceptors (Lipinski definition) is 4. The van der Waals surface area contributed by atoms with Gasteiger partial charge in [0.2, 0.25) is 0 Å². The van der Waals surface area contributed by atoms with Gasteiger partial charge in [-0.15, -0.1) is 0 Å². The summed E-state index contributed by atoms with van der Waals surface area (Å²) in [6.07, 6.45) is 8.69. The van der Waals surface area contributed by atoms with Crippen LogP contribution in [0.1, 0.15) is 18.7 Å². The number of aryl methyl sites for hydroxylation is 2. The van der Waals surface area contributed by atoms with E-state index in [2.05, 4.69) is 21.1 Å². The lowest BCUT2D eigenvalue weighted by molar-refractivity contribution is -0.118. The summed E-state index contributed by atoms with van der Waals surface area (Å²) in [4.78, 5) is 21.0. The van der Waals surface area contributed by atoms with Crippen molar-refractivity contribution >= 4 is 11.6 Å². The fourth-order valence-electron chi connectivity index (χ4n) is 3.13. The molecular weight excluding hydrogens is 328 g/mol. The third-order valence-electron chi connectivity index (χ3n) is 4.39. The van der Waals surface area contributed by atoms with E-state index in [1.807, 2.05) is 24.3 Å². The SMILES string of the molecule is O=C(COc1cccnc1)Nc1ccccc1-c1cn2c(n1)CCCC2. The van der Waals surface area contributed by atoms with Crippen molar-refractivity contribution in [2.45, 2.75) is 25.8 Å². The number of carbonyl (C=O) groups is 1. The normalized spacial score (nSPS) is 13.1. The molecule has 6 heteroatoms. The predicted octanol–water partition coefficient (Wildman–Crippen LogP) is 3.30. The van der Waals surface area contributed by atoms with Crippen molar-refractivity contribution in [3.8, 4) is 17.0 Å². The van der Waals surface area contributed by atoms with E-state index in [4.69, 9.17) is 9.72 Å². The monoisotopic (exact) mass is 348 g/mol. The van der Waals surface area contributed by atoms with E-state index < -0.39 is 0 Å². The molecule has 3 aromatic rings. The molecule has 1 N–H and O–H groups in total. The van der Waals surface area contributed by atoms with Gasteiger partial charge in [-0.05, 0) is 31.0 Å². The van der Waals surface area contributed by atoms with Crippen molar-refractivity contribution < 1.29 is 9.53 Å². The van der Waals surface area contributed by atoms with Crippen LogP contribution in [0.25, 0.3) is 11.3 Å². The minimum atomic E-state index is -0.217. The lowest BCUT2D eigenvalue weighted by Gasteiger charge is -2.11. The molecule has 1 aromatic carbocycles. The average molecular weight is 348 g/mol. The first-order chi connectivity index (χ1) is 12.8. The zero-order chi connectivity index (χ0) is 17.8. The van der Waals surface area contributed by atoms with Crippen LogP contribution in [0.3, 0.4) is 0 Å². The summed E-state index contributed by atoms with van der Waals surface area (Å²) in [7, 11) is 0. The van der Waals surface area contributed by atoms with Crippen molar-refractivity contribution in [1.82, 2.24) is 14.5 Å². The van der Waals surface area contributed by atoms with Crippen LogP contribution >= 0.6 is 0 Å². The molecule has 0 bridgehead atoms. The number of hydrogen-bond donors (Lipinski definition) is 1. The molecule has 2 aromatic heterocycles. The summed E-state index contributed by atoms with van der Waals surface area (Å²) >= 11 is 0. The minimum Gasteiger partial charge on any atom is -0.482 e. The predicted molar refractivity (Wildman–Crippen MR) is 99.0 cm³/mol. The second-order valence-corrected chi connectivity index (χ2v) is 6.26. The number of nitrogens with one attached hydrogen (secondary N) is 1. The lowest BCUT2D eigenvalue weighted by Crippen LogP contribution is -2.20. The molecule has 0 saturated heterocycles. The van der Waals surface area contributed by atoms with Gasteiger partial charge in [0.05, 0.1) is 17.6 Å². The average Bonchev–Trinajstić information content (AvgIpc) is 3.12. The Labute approximate surface area is 151 Å². The number of pyridine rings is 1. The zero-order valence-corrected chi connectivity index (χ0v) is 14.4. The number of fused-ring (bicyclic) bond motifs is 1. The number of benzene rings is 1. The van der Waals surface area contributed by atoms with Crippen molar-refractivity contribution in [2.75, 3.05) is 11.9 Å². The van der Waals surface area contributed by atoms with Gasteiger partial charge in [0.25, 0.3) is 5.91 Å². The van der Waals surface area contributed by atoms with E-state index in [-0.39, 0.29) is 12.5 Å². The zero-order valence-electron chi connectivity index (χ0n) is 14.4. The summed E-state index contributed by atoms with van der Waals surface area (Å²) in [5, 5.41) is 2.93. The first-order valence-corrected chi connectivity index (χ1v) is 8.78. The van der Waals surface area contributed by atoms with Crippen LogP contribution in [0.15, 0.2) is 55.0 Å². The van der Waals surface area contributed by atoms with Crippen LogP contribution in [0, 0.1) is 0 Å². The number of ether oxygens (including phenoxy) is 1. The maximum Gasteiger partial charge on any atom is 0.262 e. The molecule has 1 amide bonds. The Morgan fingerprint density at radius 1 is 1.19 bits per heavy atom. The highest BCUT2D eigenvalue weighted by Crippen LogP contribution is 2.28. The first-order valence-electron chi connectivity index (χ1n) is 8.78. The molecule has 3 heterocycles. The molecule has 1 aliphatic rings. The van der Waals surface area contributed by atoms with Gasteiger partial charge in [-0.25, -0.2) is 4.98 Å². The number of anilines is 1. The Bertz CT molecular complexity index is 882. The maximum absolute atomic E-state index is 12.3. The molecule has 0 spiro atoms. The van der Waals surface area contributed by atoms with Gasteiger partial charge in [0.15, 0.2) is 6.61 Å². The fourth-order valence-corrected chi connectivity index (χ4v) is 3.13. The topological polar surface area (TPSA) is 69.0 Å². The number of imidazole rings is 1. The molecule has 26 heavy (non-hydrogen) atoms. The highest BCUT2D eigenvalue weighted by atomic mass is 16.5. The molecule has 0 radical (unpaired) electrons. The standard InChI is InChI=1S/C20H20N4O2/c25-20(14-26-15-6-5-10-21-12-15)23-17-8-2-1-7-16(17)18-13-24-11-4-3-9-19(24)22-18/h1-2,5-8,10,12-13H,3-4,9,11,14H2,(H,23,25). The van der Waals surface area contributed by atoms with Crippen LogP contribution in [-0.4, -0.2) is 27.0 Å². The van der Waals surface area contributed by atoms with Gasteiger partial charge in [-0.3, -0.25) is 9.78 Å². The van der Waals surface area contributed by atoms with Crippen LogP contribution < -0.4 is 10.1 Å². The van der Waals surface area contributed by atoms with Crippen LogP contribution in [-0.2, 0) is 17.8 Å². The molecule has 0 fully saturated rings. The van der Waals surface area contributed by atoms with E-state index in [1.54, 1.807) is 24.5 Å². The van der Waals surface area contributed by atoms with Gasteiger partial charge >= 0.3 is 0 Å². The van der Waals surface area contributed by atoms with E-state index in [0.717, 1.165) is 35.7 Å². The number of para-hydroxylation sites is 1. The second kappa shape index (κ2) is 7.39. The van der Waals surface area contributed by atoms with Gasteiger partial charge < -0.3 is 14.6 Å². The van der Waals surface area contributed by atoms with Gasteiger partial charge in [-0.2, -0.15) is 0 Å². The molecule has 1 aliphatic heterocycles. The number of carbonyl (C=O) groups excluding carboxylic acids is 1. The fraction of sp³-hybridized carbons (Fsp3) is 0.250. The van der Waals surface area contributed by atoms with E-state index in [9.17, 15) is 4.79 Å². The Kier molecular flexibility index (Phi) is 4.64. The molecule has 0 aliphatic carbocycles.